The fourth-order valence-electron chi connectivity index (χ4n) is 2.14. The van der Waals surface area contributed by atoms with Crippen molar-refractivity contribution < 1.29 is 9.84 Å². The topological polar surface area (TPSA) is 29.5 Å². The number of benzene rings is 2. The van der Waals surface area contributed by atoms with E-state index in [-0.39, 0.29) is 0 Å². The van der Waals surface area contributed by atoms with Gasteiger partial charge in [-0.25, -0.2) is 0 Å². The highest BCUT2D eigenvalue weighted by molar-refractivity contribution is 7.07. The number of hydrogen-bond donors (Lipinski definition) is 1. The van der Waals surface area contributed by atoms with Gasteiger partial charge in [0.05, 0.1) is 0 Å². The normalized spacial score (nSPS) is 12.0. The van der Waals surface area contributed by atoms with E-state index in [1.54, 1.807) is 11.3 Å². The molecule has 3 rings (SSSR count). The van der Waals surface area contributed by atoms with E-state index in [1.165, 1.54) is 0 Å². The predicted octanol–water partition coefficient (Wildman–Crippen LogP) is 4.41. The Bertz CT molecular complexity index is 677. The van der Waals surface area contributed by atoms with Gasteiger partial charge < -0.3 is 9.84 Å². The average molecular weight is 296 g/mol. The highest BCUT2D eigenvalue weighted by atomic mass is 32.1. The van der Waals surface area contributed by atoms with Crippen LogP contribution in [-0.2, 0) is 6.61 Å². The highest BCUT2D eigenvalue weighted by Crippen LogP contribution is 2.26. The first-order valence-corrected chi connectivity index (χ1v) is 7.74. The molecule has 1 heterocycles. The van der Waals surface area contributed by atoms with Crippen molar-refractivity contribution in [2.45, 2.75) is 12.7 Å². The molecule has 0 aliphatic heterocycles. The lowest BCUT2D eigenvalue weighted by molar-refractivity contribution is 0.219. The monoisotopic (exact) mass is 296 g/mol. The molecule has 1 N–H and O–H groups in total. The number of aliphatic hydroxyl groups is 1. The predicted molar refractivity (Wildman–Crippen MR) is 85.6 cm³/mol. The molecule has 3 heteroatoms. The van der Waals surface area contributed by atoms with Crippen LogP contribution >= 0.6 is 11.3 Å². The van der Waals surface area contributed by atoms with Crippen molar-refractivity contribution in [3.05, 3.63) is 88.1 Å². The first-order chi connectivity index (χ1) is 10.3. The third kappa shape index (κ3) is 3.51. The summed E-state index contributed by atoms with van der Waals surface area (Å²) in [4.78, 5) is 0. The molecule has 0 amide bonds. The van der Waals surface area contributed by atoms with Crippen molar-refractivity contribution in [1.82, 2.24) is 0 Å². The van der Waals surface area contributed by atoms with Crippen molar-refractivity contribution in [2.24, 2.45) is 0 Å². The van der Waals surface area contributed by atoms with E-state index >= 15 is 0 Å². The Kier molecular flexibility index (Phi) is 4.34. The van der Waals surface area contributed by atoms with Crippen LogP contribution in [0.1, 0.15) is 22.8 Å². The summed E-state index contributed by atoms with van der Waals surface area (Å²) in [5, 5.41) is 14.3. The highest BCUT2D eigenvalue weighted by Gasteiger charge is 2.11. The molecule has 2 nitrogen and oxygen atoms in total. The molecular formula is C18H16O2S. The maximum Gasteiger partial charge on any atom is 0.120 e. The van der Waals surface area contributed by atoms with Crippen LogP contribution in [0.15, 0.2) is 71.4 Å². The van der Waals surface area contributed by atoms with Gasteiger partial charge in [-0.2, -0.15) is 11.3 Å². The molecule has 21 heavy (non-hydrogen) atoms. The summed E-state index contributed by atoms with van der Waals surface area (Å²) >= 11 is 1.58. The Morgan fingerprint density at radius 2 is 1.81 bits per heavy atom. The zero-order valence-corrected chi connectivity index (χ0v) is 12.3. The minimum absolute atomic E-state index is 0.527. The van der Waals surface area contributed by atoms with Crippen LogP contribution in [-0.4, -0.2) is 5.11 Å². The van der Waals surface area contributed by atoms with Crippen molar-refractivity contribution in [3.8, 4) is 5.75 Å². The molecule has 0 saturated carbocycles. The van der Waals surface area contributed by atoms with Gasteiger partial charge in [-0.05, 0) is 45.6 Å². The second-order valence-electron chi connectivity index (χ2n) is 4.81. The Morgan fingerprint density at radius 3 is 2.57 bits per heavy atom. The van der Waals surface area contributed by atoms with Crippen LogP contribution < -0.4 is 4.74 Å². The third-order valence-corrected chi connectivity index (χ3v) is 3.98. The summed E-state index contributed by atoms with van der Waals surface area (Å²) in [6, 6.07) is 19.6. The van der Waals surface area contributed by atoms with Crippen LogP contribution in [0, 0.1) is 0 Å². The lowest BCUT2D eigenvalue weighted by atomic mass is 10.0. The molecule has 0 radical (unpaired) electrons. The summed E-state index contributed by atoms with van der Waals surface area (Å²) in [5.74, 6) is 0.769. The van der Waals surface area contributed by atoms with Gasteiger partial charge >= 0.3 is 0 Å². The molecule has 0 fully saturated rings. The summed E-state index contributed by atoms with van der Waals surface area (Å²) in [6.45, 7) is 0.527. The van der Waals surface area contributed by atoms with Crippen LogP contribution in [0.3, 0.4) is 0 Å². The van der Waals surface area contributed by atoms with Gasteiger partial charge in [0.2, 0.25) is 0 Å². The van der Waals surface area contributed by atoms with Gasteiger partial charge in [0.1, 0.15) is 18.5 Å². The summed E-state index contributed by atoms with van der Waals surface area (Å²) in [7, 11) is 0. The van der Waals surface area contributed by atoms with Crippen LogP contribution in [0.4, 0.5) is 0 Å². The molecule has 1 atom stereocenters. The first kappa shape index (κ1) is 13.9. The average Bonchev–Trinajstić information content (AvgIpc) is 3.08. The third-order valence-electron chi connectivity index (χ3n) is 3.28. The van der Waals surface area contributed by atoms with Crippen molar-refractivity contribution in [3.63, 3.8) is 0 Å². The SMILES string of the molecule is OC(c1ccsc1)c1cccc(OCc2ccccc2)c1. The van der Waals surface area contributed by atoms with E-state index < -0.39 is 6.10 Å². The molecule has 1 unspecified atom stereocenters. The summed E-state index contributed by atoms with van der Waals surface area (Å²) in [6.07, 6.45) is -0.600. The Morgan fingerprint density at radius 1 is 0.952 bits per heavy atom. The van der Waals surface area contributed by atoms with Gasteiger partial charge in [0.15, 0.2) is 0 Å². The number of thiophene rings is 1. The van der Waals surface area contributed by atoms with Crippen molar-refractivity contribution in [1.29, 1.82) is 0 Å². The lowest BCUT2D eigenvalue weighted by Gasteiger charge is -2.12. The number of aliphatic hydroxyl groups excluding tert-OH is 1. The molecule has 0 spiro atoms. The van der Waals surface area contributed by atoms with E-state index in [0.717, 1.165) is 22.4 Å². The molecule has 0 aliphatic rings. The zero-order chi connectivity index (χ0) is 14.5. The van der Waals surface area contributed by atoms with Crippen molar-refractivity contribution >= 4 is 11.3 Å². The van der Waals surface area contributed by atoms with E-state index in [0.29, 0.717) is 6.61 Å². The maximum absolute atomic E-state index is 10.3. The molecular weight excluding hydrogens is 280 g/mol. The van der Waals surface area contributed by atoms with E-state index in [1.807, 2.05) is 71.4 Å². The Labute approximate surface area is 128 Å². The largest absolute Gasteiger partial charge is 0.489 e. The molecule has 0 saturated heterocycles. The van der Waals surface area contributed by atoms with Crippen LogP contribution in [0.5, 0.6) is 5.75 Å². The second kappa shape index (κ2) is 6.57. The van der Waals surface area contributed by atoms with Gasteiger partial charge in [0.25, 0.3) is 0 Å². The molecule has 0 aliphatic carbocycles. The summed E-state index contributed by atoms with van der Waals surface area (Å²) < 4.78 is 5.79. The standard InChI is InChI=1S/C18H16O2S/c19-18(16-9-10-21-13-16)15-7-4-8-17(11-15)20-12-14-5-2-1-3-6-14/h1-11,13,18-19H,12H2. The minimum Gasteiger partial charge on any atom is -0.489 e. The van der Waals surface area contributed by atoms with Crippen LogP contribution in [0.2, 0.25) is 0 Å². The van der Waals surface area contributed by atoms with Crippen LogP contribution in [0.25, 0.3) is 0 Å². The van der Waals surface area contributed by atoms with E-state index in [9.17, 15) is 5.11 Å². The lowest BCUT2D eigenvalue weighted by Crippen LogP contribution is -2.00. The van der Waals surface area contributed by atoms with Gasteiger partial charge in [-0.1, -0.05) is 42.5 Å². The number of rotatable bonds is 5. The number of hydrogen-bond acceptors (Lipinski definition) is 3. The first-order valence-electron chi connectivity index (χ1n) is 6.80. The fourth-order valence-corrected chi connectivity index (χ4v) is 2.82. The fraction of sp³-hybridized carbons (Fsp3) is 0.111. The molecule has 3 aromatic rings. The smallest absolute Gasteiger partial charge is 0.120 e. The molecule has 0 bridgehead atoms. The Hall–Kier alpha value is -2.10. The molecule has 106 valence electrons. The van der Waals surface area contributed by atoms with E-state index in [4.69, 9.17) is 4.74 Å². The maximum atomic E-state index is 10.3. The number of ether oxygens (including phenoxy) is 1. The Balaban J connectivity index is 1.71. The van der Waals surface area contributed by atoms with Gasteiger partial charge in [-0.15, -0.1) is 0 Å². The molecule has 2 aromatic carbocycles. The van der Waals surface area contributed by atoms with Gasteiger partial charge in [-0.3, -0.25) is 0 Å². The summed E-state index contributed by atoms with van der Waals surface area (Å²) in [5.41, 5.74) is 2.89. The molecule has 1 aromatic heterocycles. The minimum atomic E-state index is -0.600. The van der Waals surface area contributed by atoms with Gasteiger partial charge in [0, 0.05) is 0 Å². The second-order valence-corrected chi connectivity index (χ2v) is 5.59. The quantitative estimate of drug-likeness (QED) is 0.755. The zero-order valence-electron chi connectivity index (χ0n) is 11.5. The van der Waals surface area contributed by atoms with Crippen molar-refractivity contribution in [2.75, 3.05) is 0 Å². The van der Waals surface area contributed by atoms with E-state index in [2.05, 4.69) is 0 Å².